The van der Waals surface area contributed by atoms with Crippen LogP contribution in [0.5, 0.6) is 0 Å². The number of alkyl halides is 3. The van der Waals surface area contributed by atoms with Gasteiger partial charge in [-0.2, -0.15) is 13.2 Å². The predicted molar refractivity (Wildman–Crippen MR) is 127 cm³/mol. The highest BCUT2D eigenvalue weighted by molar-refractivity contribution is 5.95. The molecule has 0 unspecified atom stereocenters. The molecule has 0 bridgehead atoms. The minimum atomic E-state index is -4.50. The summed E-state index contributed by atoms with van der Waals surface area (Å²) in [5.74, 6) is -0.0819. The van der Waals surface area contributed by atoms with Gasteiger partial charge in [-0.1, -0.05) is 18.2 Å². The number of pyridine rings is 1. The maximum absolute atomic E-state index is 13.3. The van der Waals surface area contributed by atoms with Crippen molar-refractivity contribution >= 4 is 28.2 Å². The number of fused-ring (bicyclic) bond motifs is 1. The summed E-state index contributed by atoms with van der Waals surface area (Å²) in [6.45, 7) is 2.13. The molecule has 1 amide bonds. The second-order valence-electron chi connectivity index (χ2n) is 9.12. The molecule has 178 valence electrons. The molecule has 2 heterocycles. The van der Waals surface area contributed by atoms with Gasteiger partial charge in [-0.15, -0.1) is 0 Å². The van der Waals surface area contributed by atoms with E-state index in [0.717, 1.165) is 50.5 Å². The zero-order valence-electron chi connectivity index (χ0n) is 18.7. The fraction of sp³-hybridized carbons (Fsp3) is 0.385. The van der Waals surface area contributed by atoms with Crippen molar-refractivity contribution in [2.45, 2.75) is 50.4 Å². The van der Waals surface area contributed by atoms with Crippen molar-refractivity contribution in [1.82, 2.24) is 10.3 Å². The van der Waals surface area contributed by atoms with Crippen LogP contribution in [0.2, 0.25) is 0 Å². The van der Waals surface area contributed by atoms with Gasteiger partial charge in [-0.05, 0) is 68.5 Å². The van der Waals surface area contributed by atoms with E-state index in [1.165, 1.54) is 6.42 Å². The van der Waals surface area contributed by atoms with E-state index in [9.17, 15) is 18.0 Å². The maximum atomic E-state index is 13.3. The first-order valence-electron chi connectivity index (χ1n) is 11.8. The summed E-state index contributed by atoms with van der Waals surface area (Å²) >= 11 is 0. The van der Waals surface area contributed by atoms with Crippen molar-refractivity contribution < 1.29 is 18.0 Å². The Bertz CT molecular complexity index is 1170. The van der Waals surface area contributed by atoms with Gasteiger partial charge in [-0.3, -0.25) is 4.79 Å². The zero-order valence-corrected chi connectivity index (χ0v) is 18.7. The number of benzene rings is 2. The van der Waals surface area contributed by atoms with Crippen LogP contribution in [0.15, 0.2) is 54.6 Å². The topological polar surface area (TPSA) is 57.3 Å². The molecule has 2 aromatic carbocycles. The highest BCUT2D eigenvalue weighted by Crippen LogP contribution is 2.34. The van der Waals surface area contributed by atoms with Crippen LogP contribution in [0.4, 0.5) is 24.5 Å². The quantitative estimate of drug-likeness (QED) is 0.511. The van der Waals surface area contributed by atoms with Crippen molar-refractivity contribution in [2.24, 2.45) is 0 Å². The van der Waals surface area contributed by atoms with Crippen LogP contribution >= 0.6 is 0 Å². The summed E-state index contributed by atoms with van der Waals surface area (Å²) in [4.78, 5) is 18.7. The van der Waals surface area contributed by atoms with Gasteiger partial charge in [0.05, 0.1) is 5.52 Å². The molecule has 1 aromatic heterocycles. The van der Waals surface area contributed by atoms with E-state index in [2.05, 4.69) is 20.5 Å². The SMILES string of the molecule is O=C(N[C@H]1CC[C@@H](Nc2cc(C(F)(F)F)nc3ccccc23)CC1)c1ccc(N2CCC2)cc1. The molecule has 0 spiro atoms. The second kappa shape index (κ2) is 9.16. The molecule has 1 saturated heterocycles. The minimum Gasteiger partial charge on any atom is -0.382 e. The van der Waals surface area contributed by atoms with Crippen molar-refractivity contribution in [1.29, 1.82) is 0 Å². The molecular weight excluding hydrogens is 441 g/mol. The van der Waals surface area contributed by atoms with Crippen LogP contribution < -0.4 is 15.5 Å². The molecule has 2 aliphatic rings. The number of nitrogens with one attached hydrogen (secondary N) is 2. The van der Waals surface area contributed by atoms with E-state index in [-0.39, 0.29) is 18.0 Å². The van der Waals surface area contributed by atoms with Crippen molar-refractivity contribution in [3.63, 3.8) is 0 Å². The number of carbonyl (C=O) groups is 1. The number of aromatic nitrogens is 1. The summed E-state index contributed by atoms with van der Waals surface area (Å²) in [5, 5.41) is 7.10. The van der Waals surface area contributed by atoms with Gasteiger partial charge in [0.25, 0.3) is 5.91 Å². The Labute approximate surface area is 196 Å². The van der Waals surface area contributed by atoms with Gasteiger partial charge < -0.3 is 15.5 Å². The van der Waals surface area contributed by atoms with Crippen LogP contribution in [-0.2, 0) is 6.18 Å². The average Bonchev–Trinajstić information content (AvgIpc) is 2.79. The monoisotopic (exact) mass is 468 g/mol. The Morgan fingerprint density at radius 2 is 1.62 bits per heavy atom. The molecule has 5 nitrogen and oxygen atoms in total. The molecule has 1 aliphatic heterocycles. The third-order valence-electron chi connectivity index (χ3n) is 6.78. The van der Waals surface area contributed by atoms with E-state index in [0.29, 0.717) is 22.2 Å². The lowest BCUT2D eigenvalue weighted by atomic mass is 9.90. The molecule has 1 aliphatic carbocycles. The summed E-state index contributed by atoms with van der Waals surface area (Å²) in [6.07, 6.45) is -0.237. The minimum absolute atomic E-state index is 0.0378. The number of hydrogen-bond donors (Lipinski definition) is 2. The van der Waals surface area contributed by atoms with E-state index in [1.54, 1.807) is 24.3 Å². The summed E-state index contributed by atoms with van der Waals surface area (Å²) in [7, 11) is 0. The highest BCUT2D eigenvalue weighted by atomic mass is 19.4. The maximum Gasteiger partial charge on any atom is 0.433 e. The number of carbonyl (C=O) groups excluding carboxylic acids is 1. The number of amides is 1. The lowest BCUT2D eigenvalue weighted by molar-refractivity contribution is -0.140. The molecule has 0 atom stereocenters. The summed E-state index contributed by atoms with van der Waals surface area (Å²) in [6, 6.07) is 15.8. The molecular formula is C26H27F3N4O. The molecule has 34 heavy (non-hydrogen) atoms. The first kappa shape index (κ1) is 22.5. The largest absolute Gasteiger partial charge is 0.433 e. The number of para-hydroxylation sites is 1. The third-order valence-corrected chi connectivity index (χ3v) is 6.78. The third kappa shape index (κ3) is 4.81. The Hall–Kier alpha value is -3.29. The molecule has 0 radical (unpaired) electrons. The number of hydrogen-bond acceptors (Lipinski definition) is 4. The molecule has 3 aromatic rings. The van der Waals surface area contributed by atoms with Crippen LogP contribution in [0.1, 0.15) is 48.2 Å². The van der Waals surface area contributed by atoms with Gasteiger partial charge in [0.1, 0.15) is 5.69 Å². The van der Waals surface area contributed by atoms with Gasteiger partial charge in [0, 0.05) is 47.5 Å². The van der Waals surface area contributed by atoms with Crippen LogP contribution in [0.25, 0.3) is 10.9 Å². The molecule has 1 saturated carbocycles. The van der Waals surface area contributed by atoms with Crippen LogP contribution in [0, 0.1) is 0 Å². The Kier molecular flexibility index (Phi) is 6.06. The van der Waals surface area contributed by atoms with Crippen molar-refractivity contribution in [3.8, 4) is 0 Å². The number of halogens is 3. The van der Waals surface area contributed by atoms with Gasteiger partial charge >= 0.3 is 6.18 Å². The van der Waals surface area contributed by atoms with Crippen LogP contribution in [0.3, 0.4) is 0 Å². The van der Waals surface area contributed by atoms with Crippen molar-refractivity contribution in [3.05, 3.63) is 65.9 Å². The molecule has 8 heteroatoms. The second-order valence-corrected chi connectivity index (χ2v) is 9.12. The smallest absolute Gasteiger partial charge is 0.382 e. The standard InChI is InChI=1S/C26H27F3N4O/c27-26(28,29)24-16-23(21-4-1-2-5-22(21)32-24)30-18-8-10-19(11-9-18)31-25(34)17-6-12-20(13-7-17)33-14-3-15-33/h1-2,4-7,12-13,16,18-19H,3,8-11,14-15H2,(H,30,32)(H,31,34)/t18-,19+. The Morgan fingerprint density at radius 1 is 0.941 bits per heavy atom. The number of rotatable bonds is 5. The first-order valence-corrected chi connectivity index (χ1v) is 11.8. The number of nitrogens with zero attached hydrogens (tertiary/aromatic N) is 2. The highest BCUT2D eigenvalue weighted by Gasteiger charge is 2.34. The fourth-order valence-corrected chi connectivity index (χ4v) is 4.71. The average molecular weight is 469 g/mol. The molecule has 2 N–H and O–H groups in total. The van der Waals surface area contributed by atoms with Gasteiger partial charge in [0.2, 0.25) is 0 Å². The lowest BCUT2D eigenvalue weighted by Gasteiger charge is -2.33. The zero-order chi connectivity index (χ0) is 23.7. The summed E-state index contributed by atoms with van der Waals surface area (Å²) < 4.78 is 40.0. The van der Waals surface area contributed by atoms with Gasteiger partial charge in [0.15, 0.2) is 0 Å². The van der Waals surface area contributed by atoms with E-state index in [1.807, 2.05) is 24.3 Å². The van der Waals surface area contributed by atoms with Gasteiger partial charge in [-0.25, -0.2) is 4.98 Å². The lowest BCUT2D eigenvalue weighted by Crippen LogP contribution is -2.40. The fourth-order valence-electron chi connectivity index (χ4n) is 4.71. The normalized spacial score (nSPS) is 20.6. The molecule has 5 rings (SSSR count). The number of anilines is 2. The Balaban J connectivity index is 1.19. The van der Waals surface area contributed by atoms with Crippen LogP contribution in [-0.4, -0.2) is 36.1 Å². The predicted octanol–water partition coefficient (Wildman–Crippen LogP) is 5.62. The van der Waals surface area contributed by atoms with Crippen molar-refractivity contribution in [2.75, 3.05) is 23.3 Å². The van der Waals surface area contributed by atoms with E-state index in [4.69, 9.17) is 0 Å². The summed E-state index contributed by atoms with van der Waals surface area (Å²) in [5.41, 5.74) is 1.67. The first-order chi connectivity index (χ1) is 16.4. The Morgan fingerprint density at radius 3 is 2.26 bits per heavy atom. The van der Waals surface area contributed by atoms with E-state index >= 15 is 0 Å². The van der Waals surface area contributed by atoms with E-state index < -0.39 is 11.9 Å². The molecule has 2 fully saturated rings.